The third kappa shape index (κ3) is 3.19. The average molecular weight is 281 g/mol. The number of aliphatic hydroxyl groups excluding tert-OH is 1. The number of benzene rings is 1. The standard InChI is InChI=1S/C12H15N3O3S/c1-15-7-6-11(14-15)8-13-19(17,18)12-5-3-2-4-10(12)9-16/h2-7,13,16H,8-9H2,1H3. The lowest BCUT2D eigenvalue weighted by molar-refractivity contribution is 0.278. The molecule has 1 aromatic heterocycles. The van der Waals surface area contributed by atoms with Crippen LogP contribution in [0.25, 0.3) is 0 Å². The van der Waals surface area contributed by atoms with Gasteiger partial charge in [-0.3, -0.25) is 4.68 Å². The summed E-state index contributed by atoms with van der Waals surface area (Å²) in [7, 11) is -1.89. The van der Waals surface area contributed by atoms with E-state index >= 15 is 0 Å². The summed E-state index contributed by atoms with van der Waals surface area (Å²) in [6.45, 7) is -0.205. The van der Waals surface area contributed by atoms with Crippen molar-refractivity contribution >= 4 is 10.0 Å². The number of hydrogen-bond acceptors (Lipinski definition) is 4. The number of aryl methyl sites for hydroxylation is 1. The lowest BCUT2D eigenvalue weighted by Gasteiger charge is -2.09. The fourth-order valence-electron chi connectivity index (χ4n) is 1.70. The number of rotatable bonds is 5. The molecule has 0 aliphatic heterocycles. The Labute approximate surface area is 111 Å². The van der Waals surface area contributed by atoms with E-state index in [1.807, 2.05) is 0 Å². The SMILES string of the molecule is Cn1ccc(CNS(=O)(=O)c2ccccc2CO)n1. The molecule has 2 N–H and O–H groups in total. The van der Waals surface area contributed by atoms with Crippen molar-refractivity contribution in [3.05, 3.63) is 47.8 Å². The molecule has 2 rings (SSSR count). The van der Waals surface area contributed by atoms with E-state index in [2.05, 4.69) is 9.82 Å². The first kappa shape index (κ1) is 13.7. The van der Waals surface area contributed by atoms with E-state index in [9.17, 15) is 8.42 Å². The van der Waals surface area contributed by atoms with Crippen LogP contribution in [0.3, 0.4) is 0 Å². The molecule has 0 spiro atoms. The Kier molecular flexibility index (Phi) is 3.98. The molecule has 0 amide bonds. The molecule has 0 aliphatic rings. The zero-order valence-corrected chi connectivity index (χ0v) is 11.3. The highest BCUT2D eigenvalue weighted by molar-refractivity contribution is 7.89. The minimum Gasteiger partial charge on any atom is -0.392 e. The number of sulfonamides is 1. The van der Waals surface area contributed by atoms with Gasteiger partial charge in [-0.05, 0) is 17.7 Å². The summed E-state index contributed by atoms with van der Waals surface area (Å²) in [6.07, 6.45) is 1.74. The predicted molar refractivity (Wildman–Crippen MR) is 69.6 cm³/mol. The first-order valence-corrected chi connectivity index (χ1v) is 7.18. The van der Waals surface area contributed by atoms with Crippen LogP contribution in [0, 0.1) is 0 Å². The smallest absolute Gasteiger partial charge is 0.241 e. The quantitative estimate of drug-likeness (QED) is 0.830. The molecule has 0 bridgehead atoms. The van der Waals surface area contributed by atoms with Crippen molar-refractivity contribution in [2.75, 3.05) is 0 Å². The van der Waals surface area contributed by atoms with Gasteiger partial charge < -0.3 is 5.11 Å². The van der Waals surface area contributed by atoms with Crippen LogP contribution in [0.15, 0.2) is 41.4 Å². The van der Waals surface area contributed by atoms with Crippen molar-refractivity contribution in [3.8, 4) is 0 Å². The second-order valence-corrected chi connectivity index (χ2v) is 5.81. The molecule has 7 heteroatoms. The molecule has 0 aliphatic carbocycles. The Morgan fingerprint density at radius 1 is 1.32 bits per heavy atom. The van der Waals surface area contributed by atoms with Gasteiger partial charge >= 0.3 is 0 Å². The first-order chi connectivity index (χ1) is 9.03. The summed E-state index contributed by atoms with van der Waals surface area (Å²) in [5, 5.41) is 13.3. The van der Waals surface area contributed by atoms with E-state index in [0.717, 1.165) is 0 Å². The second kappa shape index (κ2) is 5.52. The highest BCUT2D eigenvalue weighted by Gasteiger charge is 2.17. The number of aromatic nitrogens is 2. The highest BCUT2D eigenvalue weighted by atomic mass is 32.2. The number of nitrogens with one attached hydrogen (secondary N) is 1. The van der Waals surface area contributed by atoms with Gasteiger partial charge in [0.2, 0.25) is 10.0 Å². The summed E-state index contributed by atoms with van der Waals surface area (Å²) in [5.41, 5.74) is 1.00. The Hall–Kier alpha value is -1.70. The summed E-state index contributed by atoms with van der Waals surface area (Å²) in [4.78, 5) is 0.0911. The maximum absolute atomic E-state index is 12.1. The molecule has 0 atom stereocenters. The van der Waals surface area contributed by atoms with Crippen molar-refractivity contribution in [3.63, 3.8) is 0 Å². The zero-order valence-electron chi connectivity index (χ0n) is 10.4. The fourth-order valence-corrected chi connectivity index (χ4v) is 2.93. The molecule has 0 unspecified atom stereocenters. The van der Waals surface area contributed by atoms with E-state index in [0.29, 0.717) is 11.3 Å². The monoisotopic (exact) mass is 281 g/mol. The van der Waals surface area contributed by atoms with Crippen LogP contribution in [0.4, 0.5) is 0 Å². The number of hydrogen-bond donors (Lipinski definition) is 2. The molecule has 19 heavy (non-hydrogen) atoms. The van der Waals surface area contributed by atoms with Gasteiger partial charge in [-0.1, -0.05) is 18.2 Å². The lowest BCUT2D eigenvalue weighted by atomic mass is 10.2. The fraction of sp³-hybridized carbons (Fsp3) is 0.250. The average Bonchev–Trinajstić information content (AvgIpc) is 2.82. The minimum atomic E-state index is -3.65. The molecular formula is C12H15N3O3S. The van der Waals surface area contributed by atoms with E-state index < -0.39 is 10.0 Å². The topological polar surface area (TPSA) is 84.2 Å². The molecule has 0 radical (unpaired) electrons. The highest BCUT2D eigenvalue weighted by Crippen LogP contribution is 2.15. The number of aliphatic hydroxyl groups is 1. The van der Waals surface area contributed by atoms with Gasteiger partial charge in [0, 0.05) is 13.2 Å². The summed E-state index contributed by atoms with van der Waals surface area (Å²) >= 11 is 0. The van der Waals surface area contributed by atoms with Crippen molar-refractivity contribution in [1.82, 2.24) is 14.5 Å². The summed E-state index contributed by atoms with van der Waals surface area (Å²) in [5.74, 6) is 0. The summed E-state index contributed by atoms with van der Waals surface area (Å²) in [6, 6.07) is 8.08. The predicted octanol–water partition coefficient (Wildman–Crippen LogP) is 0.391. The molecule has 2 aromatic rings. The van der Waals surface area contributed by atoms with Gasteiger partial charge in [-0.25, -0.2) is 13.1 Å². The van der Waals surface area contributed by atoms with Crippen molar-refractivity contribution in [2.24, 2.45) is 7.05 Å². The Morgan fingerprint density at radius 3 is 2.68 bits per heavy atom. The Bertz CT molecular complexity index is 664. The van der Waals surface area contributed by atoms with Crippen molar-refractivity contribution < 1.29 is 13.5 Å². The summed E-state index contributed by atoms with van der Waals surface area (Å²) < 4.78 is 28.3. The van der Waals surface area contributed by atoms with E-state index in [-0.39, 0.29) is 18.0 Å². The molecule has 102 valence electrons. The molecular weight excluding hydrogens is 266 g/mol. The minimum absolute atomic E-state index is 0.0911. The third-order valence-corrected chi connectivity index (χ3v) is 4.15. The molecule has 0 saturated heterocycles. The molecule has 1 aromatic carbocycles. The van der Waals surface area contributed by atoms with Crippen molar-refractivity contribution in [2.45, 2.75) is 18.0 Å². The molecule has 0 saturated carbocycles. The van der Waals surface area contributed by atoms with Crippen LogP contribution >= 0.6 is 0 Å². The molecule has 0 fully saturated rings. The van der Waals surface area contributed by atoms with Crippen LogP contribution < -0.4 is 4.72 Å². The molecule has 1 heterocycles. The van der Waals surface area contributed by atoms with Gasteiger partial charge in [0.15, 0.2) is 0 Å². The van der Waals surface area contributed by atoms with Crippen LogP contribution in [-0.2, 0) is 30.2 Å². The zero-order chi connectivity index (χ0) is 13.9. The van der Waals surface area contributed by atoms with E-state index in [1.54, 1.807) is 42.2 Å². The first-order valence-electron chi connectivity index (χ1n) is 5.70. The van der Waals surface area contributed by atoms with Gasteiger partial charge in [0.25, 0.3) is 0 Å². The van der Waals surface area contributed by atoms with E-state index in [1.165, 1.54) is 6.07 Å². The second-order valence-electron chi connectivity index (χ2n) is 4.07. The Morgan fingerprint density at radius 2 is 2.05 bits per heavy atom. The van der Waals surface area contributed by atoms with Gasteiger partial charge in [-0.15, -0.1) is 0 Å². The lowest BCUT2D eigenvalue weighted by Crippen LogP contribution is -2.24. The van der Waals surface area contributed by atoms with Gasteiger partial charge in [-0.2, -0.15) is 5.10 Å². The normalized spacial score (nSPS) is 11.7. The van der Waals surface area contributed by atoms with Crippen molar-refractivity contribution in [1.29, 1.82) is 0 Å². The molecule has 6 nitrogen and oxygen atoms in total. The van der Waals surface area contributed by atoms with Crippen LogP contribution in [0.5, 0.6) is 0 Å². The van der Waals surface area contributed by atoms with Gasteiger partial charge in [0.1, 0.15) is 0 Å². The number of nitrogens with zero attached hydrogens (tertiary/aromatic N) is 2. The largest absolute Gasteiger partial charge is 0.392 e. The van der Waals surface area contributed by atoms with Crippen LogP contribution in [0.1, 0.15) is 11.3 Å². The van der Waals surface area contributed by atoms with Crippen LogP contribution in [0.2, 0.25) is 0 Å². The van der Waals surface area contributed by atoms with E-state index in [4.69, 9.17) is 5.11 Å². The third-order valence-electron chi connectivity index (χ3n) is 2.64. The van der Waals surface area contributed by atoms with Gasteiger partial charge in [0.05, 0.1) is 23.7 Å². The maximum atomic E-state index is 12.1. The van der Waals surface area contributed by atoms with Crippen LogP contribution in [-0.4, -0.2) is 23.3 Å². The maximum Gasteiger partial charge on any atom is 0.241 e. The Balaban J connectivity index is 2.18.